The first-order chi connectivity index (χ1) is 18.0. The van der Waals surface area contributed by atoms with Gasteiger partial charge in [0.25, 0.3) is 5.91 Å². The summed E-state index contributed by atoms with van der Waals surface area (Å²) in [5.74, 6) is -1.27. The summed E-state index contributed by atoms with van der Waals surface area (Å²) in [4.78, 5) is 15.6. The van der Waals surface area contributed by atoms with Crippen LogP contribution < -0.4 is 5.73 Å². The molecule has 38 heavy (non-hydrogen) atoms. The van der Waals surface area contributed by atoms with E-state index in [1.54, 1.807) is 50.2 Å². The maximum Gasteiger partial charge on any atom is 0.254 e. The largest absolute Gasteiger partial charge is 0.390 e. The van der Waals surface area contributed by atoms with Gasteiger partial charge in [0, 0.05) is 35.7 Å². The van der Waals surface area contributed by atoms with Gasteiger partial charge in [0.2, 0.25) is 0 Å². The highest BCUT2D eigenvalue weighted by Crippen LogP contribution is 2.39. The van der Waals surface area contributed by atoms with Crippen molar-refractivity contribution in [2.45, 2.75) is 69.7 Å². The molecule has 3 aromatic carbocycles. The maximum absolute atomic E-state index is 15.4. The lowest BCUT2D eigenvalue weighted by Gasteiger charge is -2.38. The van der Waals surface area contributed by atoms with Crippen molar-refractivity contribution in [1.82, 2.24) is 4.90 Å². The number of hydrogen-bond donors (Lipinski definition) is 2. The molecule has 0 aliphatic carbocycles. The third kappa shape index (κ3) is 5.07. The smallest absolute Gasteiger partial charge is 0.254 e. The summed E-state index contributed by atoms with van der Waals surface area (Å²) in [5, 5.41) is 19.3. The Balaban J connectivity index is 1.59. The van der Waals surface area contributed by atoms with Gasteiger partial charge in [0.1, 0.15) is 17.7 Å². The number of nitriles is 1. The minimum absolute atomic E-state index is 0.0917. The number of fused-ring (bicyclic) bond motifs is 2. The molecule has 2 bridgehead atoms. The number of rotatable bonds is 5. The van der Waals surface area contributed by atoms with Gasteiger partial charge in [-0.15, -0.1) is 0 Å². The van der Waals surface area contributed by atoms with Crippen molar-refractivity contribution >= 4 is 5.91 Å². The number of halogens is 2. The van der Waals surface area contributed by atoms with E-state index in [2.05, 4.69) is 0 Å². The van der Waals surface area contributed by atoms with Crippen LogP contribution in [0.1, 0.15) is 61.0 Å². The molecule has 2 aliphatic rings. The molecule has 0 radical (unpaired) electrons. The molecule has 2 fully saturated rings. The first-order valence-corrected chi connectivity index (χ1v) is 13.0. The minimum atomic E-state index is -0.987. The number of nitrogens with two attached hydrogens (primary N) is 1. The van der Waals surface area contributed by atoms with Crippen LogP contribution in [0.15, 0.2) is 54.6 Å². The Kier molecular flexibility index (Phi) is 6.81. The normalized spacial score (nSPS) is 20.9. The lowest BCUT2D eigenvalue weighted by atomic mass is 9.90. The quantitative estimate of drug-likeness (QED) is 0.464. The fourth-order valence-electron chi connectivity index (χ4n) is 6.01. The van der Waals surface area contributed by atoms with E-state index < -0.39 is 17.2 Å². The number of amides is 1. The van der Waals surface area contributed by atoms with Crippen molar-refractivity contribution < 1.29 is 18.7 Å². The highest BCUT2D eigenvalue weighted by molar-refractivity contribution is 5.98. The summed E-state index contributed by atoms with van der Waals surface area (Å²) >= 11 is 0. The van der Waals surface area contributed by atoms with Crippen molar-refractivity contribution in [2.24, 2.45) is 5.73 Å². The number of aliphatic hydroxyl groups is 1. The van der Waals surface area contributed by atoms with E-state index in [9.17, 15) is 19.6 Å². The standard InChI is InChI=1S/C31H31F2N3O2/c1-31(2,38)16-18-3-9-26(29(33)11-18)25-10-6-20(12-27(25)19-4-5-21(17-34)28(32)13-19)30(37)36-23-7-8-24(36)15-22(35)14-23/h3-6,9-13,22-24,38H,7-8,14-16,35H2,1-2H3/t22?,23-,24+. The van der Waals surface area contributed by atoms with Crippen LogP contribution in [0.5, 0.6) is 0 Å². The monoisotopic (exact) mass is 515 g/mol. The molecule has 0 spiro atoms. The topological polar surface area (TPSA) is 90.3 Å². The summed E-state index contributed by atoms with van der Waals surface area (Å²) in [5.41, 5.74) is 7.94. The summed E-state index contributed by atoms with van der Waals surface area (Å²) in [6.07, 6.45) is 3.69. The average Bonchev–Trinajstić information content (AvgIpc) is 3.13. The second-order valence-corrected chi connectivity index (χ2v) is 11.2. The average molecular weight is 516 g/mol. The molecule has 196 valence electrons. The second kappa shape index (κ2) is 9.94. The number of nitrogens with zero attached hydrogens (tertiary/aromatic N) is 2. The number of hydrogen-bond acceptors (Lipinski definition) is 4. The molecule has 3 atom stereocenters. The highest BCUT2D eigenvalue weighted by atomic mass is 19.1. The summed E-state index contributed by atoms with van der Waals surface area (Å²) in [6, 6.07) is 16.2. The third-order valence-corrected chi connectivity index (χ3v) is 7.63. The SMILES string of the molecule is CC(C)(O)Cc1ccc(-c2ccc(C(=O)N3[C@@H]4CC[C@H]3CC(N)C4)cc2-c2ccc(C#N)c(F)c2)c(F)c1. The zero-order valence-electron chi connectivity index (χ0n) is 21.5. The van der Waals surface area contributed by atoms with Crippen LogP contribution in [-0.4, -0.2) is 39.6 Å². The van der Waals surface area contributed by atoms with Crippen LogP contribution in [0.25, 0.3) is 22.3 Å². The van der Waals surface area contributed by atoms with Crippen LogP contribution in [0.2, 0.25) is 0 Å². The number of piperidine rings is 1. The fourth-order valence-corrected chi connectivity index (χ4v) is 6.01. The molecular formula is C31H31F2N3O2. The van der Waals surface area contributed by atoms with Gasteiger partial charge in [-0.1, -0.05) is 24.3 Å². The Morgan fingerprint density at radius 3 is 2.29 bits per heavy atom. The number of carbonyl (C=O) groups is 1. The Bertz CT molecular complexity index is 1430. The molecule has 1 unspecified atom stereocenters. The molecule has 0 saturated carbocycles. The van der Waals surface area contributed by atoms with E-state index in [0.29, 0.717) is 33.4 Å². The van der Waals surface area contributed by atoms with Gasteiger partial charge in [-0.05, 0) is 92.1 Å². The molecular weight excluding hydrogens is 484 g/mol. The maximum atomic E-state index is 15.4. The van der Waals surface area contributed by atoms with Crippen molar-refractivity contribution in [3.05, 3.63) is 82.9 Å². The molecule has 1 amide bonds. The molecule has 7 heteroatoms. The van der Waals surface area contributed by atoms with Crippen LogP contribution in [0.4, 0.5) is 8.78 Å². The zero-order chi connectivity index (χ0) is 27.2. The van der Waals surface area contributed by atoms with E-state index in [-0.39, 0.29) is 36.0 Å². The van der Waals surface area contributed by atoms with E-state index in [1.807, 2.05) is 11.0 Å². The van der Waals surface area contributed by atoms with Crippen molar-refractivity contribution in [3.8, 4) is 28.3 Å². The fraction of sp³-hybridized carbons (Fsp3) is 0.355. The highest BCUT2D eigenvalue weighted by Gasteiger charge is 2.42. The first kappa shape index (κ1) is 26.0. The Morgan fingerprint density at radius 2 is 1.68 bits per heavy atom. The van der Waals surface area contributed by atoms with Gasteiger partial charge in [0.15, 0.2) is 0 Å². The minimum Gasteiger partial charge on any atom is -0.390 e. The predicted molar refractivity (Wildman–Crippen MR) is 142 cm³/mol. The van der Waals surface area contributed by atoms with Crippen molar-refractivity contribution in [3.63, 3.8) is 0 Å². The van der Waals surface area contributed by atoms with E-state index in [1.165, 1.54) is 18.2 Å². The van der Waals surface area contributed by atoms with Gasteiger partial charge in [0.05, 0.1) is 11.2 Å². The third-order valence-electron chi connectivity index (χ3n) is 7.63. The molecule has 2 saturated heterocycles. The molecule has 2 heterocycles. The van der Waals surface area contributed by atoms with Crippen LogP contribution in [0.3, 0.4) is 0 Å². The number of benzene rings is 3. The molecule has 2 aliphatic heterocycles. The Morgan fingerprint density at radius 1 is 1.00 bits per heavy atom. The predicted octanol–water partition coefficient (Wildman–Crippen LogP) is 5.58. The van der Waals surface area contributed by atoms with E-state index in [4.69, 9.17) is 5.73 Å². The van der Waals surface area contributed by atoms with Crippen molar-refractivity contribution in [2.75, 3.05) is 0 Å². The molecule has 3 aromatic rings. The van der Waals surface area contributed by atoms with Gasteiger partial charge in [-0.3, -0.25) is 4.79 Å². The Labute approximate surface area is 221 Å². The van der Waals surface area contributed by atoms with E-state index >= 15 is 4.39 Å². The van der Waals surface area contributed by atoms with Gasteiger partial charge >= 0.3 is 0 Å². The molecule has 3 N–H and O–H groups in total. The van der Waals surface area contributed by atoms with Crippen molar-refractivity contribution in [1.29, 1.82) is 5.26 Å². The summed E-state index contributed by atoms with van der Waals surface area (Å²) in [6.45, 7) is 3.32. The van der Waals surface area contributed by atoms with Crippen LogP contribution in [-0.2, 0) is 6.42 Å². The zero-order valence-corrected chi connectivity index (χ0v) is 21.5. The van der Waals surface area contributed by atoms with Crippen LogP contribution >= 0.6 is 0 Å². The summed E-state index contributed by atoms with van der Waals surface area (Å²) < 4.78 is 30.1. The van der Waals surface area contributed by atoms with Gasteiger partial charge in [-0.2, -0.15) is 5.26 Å². The summed E-state index contributed by atoms with van der Waals surface area (Å²) in [7, 11) is 0. The van der Waals surface area contributed by atoms with Gasteiger partial charge in [-0.25, -0.2) is 8.78 Å². The molecule has 5 nitrogen and oxygen atoms in total. The van der Waals surface area contributed by atoms with Gasteiger partial charge < -0.3 is 15.7 Å². The van der Waals surface area contributed by atoms with E-state index in [0.717, 1.165) is 25.7 Å². The lowest BCUT2D eigenvalue weighted by molar-refractivity contribution is 0.0575. The number of carbonyl (C=O) groups excluding carboxylic acids is 1. The first-order valence-electron chi connectivity index (χ1n) is 13.0. The second-order valence-electron chi connectivity index (χ2n) is 11.2. The Hall–Kier alpha value is -3.60. The molecule has 0 aromatic heterocycles. The van der Waals surface area contributed by atoms with Crippen LogP contribution in [0, 0.1) is 23.0 Å². The molecule has 5 rings (SSSR count). The lowest BCUT2D eigenvalue weighted by Crippen LogP contribution is -2.50.